The Bertz CT molecular complexity index is 685. The molecule has 1 aromatic carbocycles. The highest BCUT2D eigenvalue weighted by molar-refractivity contribution is 9.10. The fourth-order valence-electron chi connectivity index (χ4n) is 1.34. The predicted molar refractivity (Wildman–Crippen MR) is 79.6 cm³/mol. The van der Waals surface area contributed by atoms with Crippen molar-refractivity contribution >= 4 is 51.3 Å². The molecule has 0 saturated carbocycles. The summed E-state index contributed by atoms with van der Waals surface area (Å²) in [6.07, 6.45) is 1.23. The Morgan fingerprint density at radius 3 is 2.80 bits per heavy atom. The number of amides is 1. The third-order valence-corrected chi connectivity index (χ3v) is 3.16. The number of aromatic hydroxyl groups is 1. The molecular formula is C12H7BrCl2N2O3. The van der Waals surface area contributed by atoms with Crippen LogP contribution in [-0.4, -0.2) is 17.2 Å². The third kappa shape index (κ3) is 3.53. The van der Waals surface area contributed by atoms with E-state index >= 15 is 0 Å². The maximum Gasteiger partial charge on any atom is 0.307 e. The molecule has 1 amide bonds. The number of hydrogen-bond donors (Lipinski definition) is 2. The number of halogens is 3. The smallest absolute Gasteiger partial charge is 0.307 e. The van der Waals surface area contributed by atoms with Crippen LogP contribution in [0.1, 0.15) is 16.1 Å². The lowest BCUT2D eigenvalue weighted by Crippen LogP contribution is -2.16. The van der Waals surface area contributed by atoms with Crippen LogP contribution in [-0.2, 0) is 0 Å². The summed E-state index contributed by atoms with van der Waals surface area (Å²) in [6.45, 7) is 0. The summed E-state index contributed by atoms with van der Waals surface area (Å²) in [5.74, 6) is -0.600. The molecule has 20 heavy (non-hydrogen) atoms. The van der Waals surface area contributed by atoms with E-state index in [2.05, 4.69) is 26.5 Å². The minimum atomic E-state index is -0.528. The molecule has 0 unspecified atom stereocenters. The van der Waals surface area contributed by atoms with Gasteiger partial charge in [-0.05, 0) is 40.2 Å². The molecule has 0 bridgehead atoms. The maximum absolute atomic E-state index is 11.6. The van der Waals surface area contributed by atoms with Crippen molar-refractivity contribution in [3.05, 3.63) is 50.3 Å². The minimum Gasteiger partial charge on any atom is -0.506 e. The van der Waals surface area contributed by atoms with Gasteiger partial charge in [0.25, 0.3) is 0 Å². The topological polar surface area (TPSA) is 74.8 Å². The number of phenols is 1. The monoisotopic (exact) mass is 376 g/mol. The number of phenolic OH excluding ortho intramolecular Hbond substituents is 1. The molecule has 1 aromatic heterocycles. The Hall–Kier alpha value is -1.50. The maximum atomic E-state index is 11.6. The average molecular weight is 378 g/mol. The zero-order valence-corrected chi connectivity index (χ0v) is 12.8. The summed E-state index contributed by atoms with van der Waals surface area (Å²) in [5.41, 5.74) is 2.53. The van der Waals surface area contributed by atoms with Crippen molar-refractivity contribution < 1.29 is 14.3 Å². The Morgan fingerprint density at radius 2 is 2.15 bits per heavy atom. The van der Waals surface area contributed by atoms with Crippen molar-refractivity contribution in [1.29, 1.82) is 0 Å². The molecule has 0 radical (unpaired) electrons. The first-order valence-electron chi connectivity index (χ1n) is 5.24. The standard InChI is InChI=1S/C12H7BrCl2N2O3/c13-10-2-1-9(20-10)12(19)17-16-5-6-3-7(14)4-8(15)11(6)18/h1-5,18H,(H,17,19). The average Bonchev–Trinajstić information content (AvgIpc) is 2.81. The lowest BCUT2D eigenvalue weighted by atomic mass is 10.2. The molecule has 0 saturated heterocycles. The molecule has 0 aliphatic heterocycles. The van der Waals surface area contributed by atoms with Crippen molar-refractivity contribution in [2.45, 2.75) is 0 Å². The molecule has 0 atom stereocenters. The number of nitrogens with one attached hydrogen (secondary N) is 1. The van der Waals surface area contributed by atoms with Crippen molar-refractivity contribution in [2.75, 3.05) is 0 Å². The van der Waals surface area contributed by atoms with E-state index in [-0.39, 0.29) is 22.1 Å². The quantitative estimate of drug-likeness (QED) is 0.630. The summed E-state index contributed by atoms with van der Waals surface area (Å²) in [5, 5.41) is 13.8. The van der Waals surface area contributed by atoms with E-state index in [0.29, 0.717) is 9.69 Å². The number of hydrazone groups is 1. The third-order valence-electron chi connectivity index (χ3n) is 2.22. The fraction of sp³-hybridized carbons (Fsp3) is 0. The van der Waals surface area contributed by atoms with Gasteiger partial charge in [0.05, 0.1) is 11.2 Å². The van der Waals surface area contributed by atoms with Gasteiger partial charge in [-0.15, -0.1) is 0 Å². The first-order chi connectivity index (χ1) is 9.47. The fourth-order valence-corrected chi connectivity index (χ4v) is 2.15. The predicted octanol–water partition coefficient (Wildman–Crippen LogP) is 3.82. The highest BCUT2D eigenvalue weighted by Crippen LogP contribution is 2.29. The van der Waals surface area contributed by atoms with Gasteiger partial charge in [0.15, 0.2) is 10.4 Å². The van der Waals surface area contributed by atoms with Crippen LogP contribution in [0.4, 0.5) is 0 Å². The van der Waals surface area contributed by atoms with E-state index in [9.17, 15) is 9.90 Å². The Morgan fingerprint density at radius 1 is 1.40 bits per heavy atom. The lowest BCUT2D eigenvalue weighted by molar-refractivity contribution is 0.0926. The highest BCUT2D eigenvalue weighted by Gasteiger charge is 2.09. The van der Waals surface area contributed by atoms with Crippen LogP contribution >= 0.6 is 39.1 Å². The Balaban J connectivity index is 2.09. The summed E-state index contributed by atoms with van der Waals surface area (Å²) >= 11 is 14.6. The summed E-state index contributed by atoms with van der Waals surface area (Å²) in [7, 11) is 0. The van der Waals surface area contributed by atoms with Gasteiger partial charge < -0.3 is 9.52 Å². The van der Waals surface area contributed by atoms with Gasteiger partial charge in [0, 0.05) is 10.6 Å². The van der Waals surface area contributed by atoms with Crippen LogP contribution in [0.15, 0.2) is 38.5 Å². The molecule has 0 aliphatic rings. The second-order valence-corrected chi connectivity index (χ2v) is 5.25. The van der Waals surface area contributed by atoms with Crippen LogP contribution in [0.2, 0.25) is 10.0 Å². The van der Waals surface area contributed by atoms with E-state index in [1.54, 1.807) is 6.07 Å². The Kier molecular flexibility index (Phi) is 4.69. The van der Waals surface area contributed by atoms with Gasteiger partial charge in [-0.1, -0.05) is 23.2 Å². The lowest BCUT2D eigenvalue weighted by Gasteiger charge is -2.02. The molecule has 2 N–H and O–H groups in total. The largest absolute Gasteiger partial charge is 0.506 e. The Labute approximate surface area is 132 Å². The van der Waals surface area contributed by atoms with E-state index < -0.39 is 5.91 Å². The van der Waals surface area contributed by atoms with Crippen LogP contribution in [0, 0.1) is 0 Å². The molecule has 0 aliphatic carbocycles. The SMILES string of the molecule is O=C(NN=Cc1cc(Cl)cc(Cl)c1O)c1ccc(Br)o1. The molecule has 8 heteroatoms. The first kappa shape index (κ1) is 14.9. The number of nitrogens with zero attached hydrogens (tertiary/aromatic N) is 1. The van der Waals surface area contributed by atoms with Crippen LogP contribution < -0.4 is 5.43 Å². The summed E-state index contributed by atoms with van der Waals surface area (Å²) < 4.78 is 5.49. The van der Waals surface area contributed by atoms with Crippen molar-refractivity contribution in [3.8, 4) is 5.75 Å². The number of rotatable bonds is 3. The summed E-state index contributed by atoms with van der Waals surface area (Å²) in [6, 6.07) is 5.93. The molecule has 2 rings (SSSR count). The number of carbonyl (C=O) groups excluding carboxylic acids is 1. The molecule has 0 spiro atoms. The minimum absolute atomic E-state index is 0.0974. The number of hydrogen-bond acceptors (Lipinski definition) is 4. The van der Waals surface area contributed by atoms with E-state index in [4.69, 9.17) is 27.6 Å². The normalized spacial score (nSPS) is 10.9. The van der Waals surface area contributed by atoms with Crippen molar-refractivity contribution in [3.63, 3.8) is 0 Å². The molecule has 5 nitrogen and oxygen atoms in total. The molecule has 2 aromatic rings. The second kappa shape index (κ2) is 6.30. The number of benzene rings is 1. The zero-order valence-electron chi connectivity index (χ0n) is 9.73. The van der Waals surface area contributed by atoms with E-state index in [1.807, 2.05) is 0 Å². The van der Waals surface area contributed by atoms with Crippen LogP contribution in [0.3, 0.4) is 0 Å². The second-order valence-electron chi connectivity index (χ2n) is 3.63. The highest BCUT2D eigenvalue weighted by atomic mass is 79.9. The van der Waals surface area contributed by atoms with Gasteiger partial charge in [0.2, 0.25) is 0 Å². The van der Waals surface area contributed by atoms with Crippen LogP contribution in [0.25, 0.3) is 0 Å². The van der Waals surface area contributed by atoms with Gasteiger partial charge in [0.1, 0.15) is 5.75 Å². The van der Waals surface area contributed by atoms with Gasteiger partial charge >= 0.3 is 5.91 Å². The first-order valence-corrected chi connectivity index (χ1v) is 6.79. The van der Waals surface area contributed by atoms with Crippen molar-refractivity contribution in [1.82, 2.24) is 5.43 Å². The van der Waals surface area contributed by atoms with E-state index in [1.165, 1.54) is 24.4 Å². The number of carbonyl (C=O) groups is 1. The molecule has 104 valence electrons. The van der Waals surface area contributed by atoms with Crippen LogP contribution in [0.5, 0.6) is 5.75 Å². The molecular weight excluding hydrogens is 371 g/mol. The van der Waals surface area contributed by atoms with Gasteiger partial charge in [-0.3, -0.25) is 4.79 Å². The molecule has 0 fully saturated rings. The van der Waals surface area contributed by atoms with E-state index in [0.717, 1.165) is 0 Å². The molecule has 1 heterocycles. The zero-order chi connectivity index (χ0) is 14.7. The van der Waals surface area contributed by atoms with Gasteiger partial charge in [-0.25, -0.2) is 5.43 Å². The summed E-state index contributed by atoms with van der Waals surface area (Å²) in [4.78, 5) is 11.6. The van der Waals surface area contributed by atoms with Gasteiger partial charge in [-0.2, -0.15) is 5.10 Å². The number of furan rings is 1. The van der Waals surface area contributed by atoms with Crippen molar-refractivity contribution in [2.24, 2.45) is 5.10 Å².